The van der Waals surface area contributed by atoms with Crippen molar-refractivity contribution < 1.29 is 28.2 Å². The fourth-order valence-corrected chi connectivity index (χ4v) is 2.68. The number of morpholine rings is 1. The number of carboxylic acids is 1. The fourth-order valence-electron chi connectivity index (χ4n) is 2.05. The number of alkyl halides is 2. The number of nitrogens with zero attached hydrogens (tertiary/aromatic N) is 1. The Balaban J connectivity index is 2.28. The van der Waals surface area contributed by atoms with Crippen LogP contribution in [0.15, 0.2) is 29.2 Å². The summed E-state index contributed by atoms with van der Waals surface area (Å²) in [6.45, 7) is 0.231. The molecule has 2 rings (SSSR count). The van der Waals surface area contributed by atoms with Gasteiger partial charge in [0.2, 0.25) is 0 Å². The van der Waals surface area contributed by atoms with Crippen molar-refractivity contribution >= 4 is 23.6 Å². The van der Waals surface area contributed by atoms with Crippen LogP contribution in [0, 0.1) is 0 Å². The first kappa shape index (κ1) is 15.7. The number of carbonyl (C=O) groups excluding carboxylic acids is 1. The third-order valence-corrected chi connectivity index (χ3v) is 3.80. The molecule has 114 valence electrons. The molecule has 1 heterocycles. The lowest BCUT2D eigenvalue weighted by Gasteiger charge is -2.33. The smallest absolute Gasteiger partial charge is 0.328 e. The number of carboxylic acid groups (broad SMARTS) is 1. The van der Waals surface area contributed by atoms with E-state index in [2.05, 4.69) is 0 Å². The Morgan fingerprint density at radius 3 is 2.76 bits per heavy atom. The monoisotopic (exact) mass is 317 g/mol. The maximum absolute atomic E-state index is 12.5. The van der Waals surface area contributed by atoms with E-state index in [1.807, 2.05) is 0 Å². The van der Waals surface area contributed by atoms with Crippen LogP contribution in [0.3, 0.4) is 0 Å². The summed E-state index contributed by atoms with van der Waals surface area (Å²) in [7, 11) is 0. The molecular formula is C13H13F2NO4S. The Morgan fingerprint density at radius 2 is 2.10 bits per heavy atom. The molecule has 0 aliphatic carbocycles. The minimum atomic E-state index is -2.65. The Morgan fingerprint density at radius 1 is 1.38 bits per heavy atom. The molecule has 1 unspecified atom stereocenters. The molecule has 1 amide bonds. The molecule has 1 N–H and O–H groups in total. The Bertz CT molecular complexity index is 541. The second kappa shape index (κ2) is 6.86. The molecule has 8 heteroatoms. The van der Waals surface area contributed by atoms with Crippen LogP contribution in [0.1, 0.15) is 10.4 Å². The molecule has 21 heavy (non-hydrogen) atoms. The van der Waals surface area contributed by atoms with Crippen LogP contribution < -0.4 is 0 Å². The van der Waals surface area contributed by atoms with Crippen LogP contribution in [0.25, 0.3) is 0 Å². The van der Waals surface area contributed by atoms with Crippen molar-refractivity contribution in [3.63, 3.8) is 0 Å². The van der Waals surface area contributed by atoms with Crippen LogP contribution in [0.2, 0.25) is 0 Å². The first-order valence-corrected chi connectivity index (χ1v) is 7.04. The first-order valence-electron chi connectivity index (χ1n) is 6.16. The van der Waals surface area contributed by atoms with Gasteiger partial charge in [-0.1, -0.05) is 23.9 Å². The second-order valence-electron chi connectivity index (χ2n) is 4.30. The highest BCUT2D eigenvalue weighted by molar-refractivity contribution is 7.99. The van der Waals surface area contributed by atoms with Crippen LogP contribution in [0.4, 0.5) is 8.78 Å². The van der Waals surface area contributed by atoms with E-state index in [1.54, 1.807) is 12.1 Å². The van der Waals surface area contributed by atoms with E-state index in [1.165, 1.54) is 12.1 Å². The largest absolute Gasteiger partial charge is 0.480 e. The lowest BCUT2D eigenvalue weighted by molar-refractivity contribution is -0.147. The fraction of sp³-hybridized carbons (Fsp3) is 0.385. The highest BCUT2D eigenvalue weighted by Gasteiger charge is 2.34. The summed E-state index contributed by atoms with van der Waals surface area (Å²) in [6, 6.07) is 4.84. The highest BCUT2D eigenvalue weighted by Crippen LogP contribution is 2.29. The first-order chi connectivity index (χ1) is 10.0. The number of aliphatic carboxylic acids is 1. The molecule has 0 spiro atoms. The molecular weight excluding hydrogens is 304 g/mol. The number of carbonyl (C=O) groups is 2. The number of ether oxygens (including phenoxy) is 1. The number of amides is 1. The third kappa shape index (κ3) is 3.70. The van der Waals surface area contributed by atoms with Gasteiger partial charge in [0.25, 0.3) is 11.7 Å². The van der Waals surface area contributed by atoms with Crippen LogP contribution >= 0.6 is 11.8 Å². The van der Waals surface area contributed by atoms with E-state index in [9.17, 15) is 18.4 Å². The summed E-state index contributed by atoms with van der Waals surface area (Å²) in [5, 5.41) is 9.12. The molecule has 1 aromatic carbocycles. The van der Waals surface area contributed by atoms with E-state index >= 15 is 0 Å². The van der Waals surface area contributed by atoms with Crippen molar-refractivity contribution in [1.82, 2.24) is 4.90 Å². The van der Waals surface area contributed by atoms with Crippen molar-refractivity contribution in [1.29, 1.82) is 0 Å². The van der Waals surface area contributed by atoms with Gasteiger partial charge in [-0.25, -0.2) is 4.79 Å². The van der Waals surface area contributed by atoms with Crippen LogP contribution in [-0.4, -0.2) is 53.4 Å². The second-order valence-corrected chi connectivity index (χ2v) is 5.33. The summed E-state index contributed by atoms with van der Waals surface area (Å²) < 4.78 is 30.1. The van der Waals surface area contributed by atoms with Crippen LogP contribution in [-0.2, 0) is 9.53 Å². The van der Waals surface area contributed by atoms with Crippen molar-refractivity contribution in [2.75, 3.05) is 19.8 Å². The summed E-state index contributed by atoms with van der Waals surface area (Å²) in [5.74, 6) is -4.41. The topological polar surface area (TPSA) is 66.8 Å². The molecule has 0 radical (unpaired) electrons. The van der Waals surface area contributed by atoms with E-state index < -0.39 is 23.7 Å². The van der Waals surface area contributed by atoms with Crippen molar-refractivity contribution in [2.45, 2.75) is 16.7 Å². The summed E-state index contributed by atoms with van der Waals surface area (Å²) in [4.78, 5) is 24.9. The van der Waals surface area contributed by atoms with Crippen molar-refractivity contribution in [3.05, 3.63) is 29.8 Å². The molecule has 1 aromatic rings. The van der Waals surface area contributed by atoms with Gasteiger partial charge in [-0.05, 0) is 12.1 Å². The zero-order chi connectivity index (χ0) is 15.4. The maximum atomic E-state index is 12.5. The molecule has 1 aliphatic heterocycles. The van der Waals surface area contributed by atoms with Gasteiger partial charge in [0, 0.05) is 11.4 Å². The lowest BCUT2D eigenvalue weighted by atomic mass is 10.1. The minimum absolute atomic E-state index is 0.0796. The van der Waals surface area contributed by atoms with E-state index in [0.29, 0.717) is 0 Å². The van der Waals surface area contributed by atoms with Crippen LogP contribution in [0.5, 0.6) is 0 Å². The molecule has 0 saturated carbocycles. The summed E-state index contributed by atoms with van der Waals surface area (Å²) in [5.41, 5.74) is 0.0796. The molecule has 1 atom stereocenters. The van der Waals surface area contributed by atoms with Crippen molar-refractivity contribution in [3.8, 4) is 0 Å². The number of thioether (sulfide) groups is 1. The quantitative estimate of drug-likeness (QED) is 0.860. The van der Waals surface area contributed by atoms with Crippen molar-refractivity contribution in [2.24, 2.45) is 0 Å². The van der Waals surface area contributed by atoms with Gasteiger partial charge in [-0.2, -0.15) is 8.78 Å². The number of benzene rings is 1. The van der Waals surface area contributed by atoms with Gasteiger partial charge >= 0.3 is 5.97 Å². The Kier molecular flexibility index (Phi) is 5.13. The normalized spacial score (nSPS) is 18.8. The number of hydrogen-bond acceptors (Lipinski definition) is 4. The van der Waals surface area contributed by atoms with Gasteiger partial charge in [0.15, 0.2) is 6.04 Å². The molecule has 0 bridgehead atoms. The maximum Gasteiger partial charge on any atom is 0.328 e. The van der Waals surface area contributed by atoms with Gasteiger partial charge < -0.3 is 14.7 Å². The standard InChI is InChI=1S/C13H13F2NO4S/c14-13(15)21-10-4-2-1-3-8(10)11(17)16-5-6-20-7-9(16)12(18)19/h1-4,9,13H,5-7H2,(H,18,19). The number of halogens is 2. The minimum Gasteiger partial charge on any atom is -0.480 e. The lowest BCUT2D eigenvalue weighted by Crippen LogP contribution is -2.52. The molecule has 1 saturated heterocycles. The number of rotatable bonds is 4. The summed E-state index contributed by atoms with van der Waals surface area (Å²) in [6.07, 6.45) is 0. The van der Waals surface area contributed by atoms with Gasteiger partial charge in [-0.15, -0.1) is 0 Å². The van der Waals surface area contributed by atoms with E-state index in [-0.39, 0.29) is 42.0 Å². The summed E-state index contributed by atoms with van der Waals surface area (Å²) >= 11 is 0.267. The number of hydrogen-bond donors (Lipinski definition) is 1. The van der Waals surface area contributed by atoms with Gasteiger partial charge in [-0.3, -0.25) is 4.79 Å². The zero-order valence-electron chi connectivity index (χ0n) is 10.9. The Hall–Kier alpha value is -1.67. The average Bonchev–Trinajstić information content (AvgIpc) is 2.46. The highest BCUT2D eigenvalue weighted by atomic mass is 32.2. The zero-order valence-corrected chi connectivity index (χ0v) is 11.7. The predicted molar refractivity (Wildman–Crippen MR) is 71.6 cm³/mol. The molecule has 1 aliphatic rings. The van der Waals surface area contributed by atoms with E-state index in [0.717, 1.165) is 4.90 Å². The molecule has 5 nitrogen and oxygen atoms in total. The SMILES string of the molecule is O=C(O)C1COCCN1C(=O)c1ccccc1SC(F)F. The molecule has 1 fully saturated rings. The Labute approximate surface area is 123 Å². The molecule has 0 aromatic heterocycles. The third-order valence-electron chi connectivity index (χ3n) is 3.01. The van der Waals surface area contributed by atoms with E-state index in [4.69, 9.17) is 9.84 Å². The predicted octanol–water partition coefficient (Wildman–Crippen LogP) is 1.93. The average molecular weight is 317 g/mol. The van der Waals surface area contributed by atoms with Gasteiger partial charge in [0.1, 0.15) is 0 Å². The van der Waals surface area contributed by atoms with Gasteiger partial charge in [0.05, 0.1) is 18.8 Å².